The number of amides is 1. The first-order valence-corrected chi connectivity index (χ1v) is 5.94. The van der Waals surface area contributed by atoms with Crippen molar-refractivity contribution in [2.24, 2.45) is 5.41 Å². The molecule has 0 radical (unpaired) electrons. The second-order valence-corrected chi connectivity index (χ2v) is 5.57. The highest BCUT2D eigenvalue weighted by atomic mass is 35.5. The quantitative estimate of drug-likeness (QED) is 0.561. The van der Waals surface area contributed by atoms with E-state index in [0.717, 1.165) is 0 Å². The highest BCUT2D eigenvalue weighted by molar-refractivity contribution is 6.22. The Hall–Kier alpha value is -0.520. The third-order valence-electron chi connectivity index (χ3n) is 2.71. The van der Waals surface area contributed by atoms with Gasteiger partial charge in [-0.2, -0.15) is 17.6 Å². The third kappa shape index (κ3) is 6.42. The molecular weight excluding hydrogens is 274 g/mol. The average Bonchev–Trinajstić information content (AvgIpc) is 2.12. The molecule has 18 heavy (non-hydrogen) atoms. The fraction of sp³-hybridized carbons (Fsp3) is 0.909. The van der Waals surface area contributed by atoms with Gasteiger partial charge in [0.05, 0.1) is 0 Å². The molecule has 0 unspecified atom stereocenters. The van der Waals surface area contributed by atoms with Gasteiger partial charge in [-0.25, -0.2) is 0 Å². The van der Waals surface area contributed by atoms with Crippen LogP contribution in [0.3, 0.4) is 0 Å². The van der Waals surface area contributed by atoms with E-state index in [1.165, 1.54) is 6.92 Å². The molecule has 0 fully saturated rings. The Morgan fingerprint density at radius 1 is 1.11 bits per heavy atom. The molecule has 0 aromatic rings. The normalized spacial score (nSPS) is 13.6. The number of carbonyl (C=O) groups is 1. The molecule has 0 rings (SSSR count). The van der Waals surface area contributed by atoms with E-state index in [0.29, 0.717) is 13.0 Å². The molecule has 1 amide bonds. The SMILES string of the molecule is CC(=O)NCCC(C)(C)CCC(F)(F)C(F)(F)Cl. The summed E-state index contributed by atoms with van der Waals surface area (Å²) in [7, 11) is 0. The van der Waals surface area contributed by atoms with Crippen LogP contribution in [0.5, 0.6) is 0 Å². The summed E-state index contributed by atoms with van der Waals surface area (Å²) in [6, 6.07) is 0. The standard InChI is InChI=1S/C11H18ClF4NO/c1-8(18)17-7-6-9(2,3)4-5-10(13,14)11(12,15)16/h4-7H2,1-3H3,(H,17,18). The van der Waals surface area contributed by atoms with Crippen molar-refractivity contribution in [3.05, 3.63) is 0 Å². The molecule has 0 aliphatic rings. The average molecular weight is 292 g/mol. The Morgan fingerprint density at radius 2 is 1.61 bits per heavy atom. The Kier molecular flexibility index (Phi) is 5.91. The molecule has 0 saturated carbocycles. The van der Waals surface area contributed by atoms with E-state index in [4.69, 9.17) is 0 Å². The van der Waals surface area contributed by atoms with Gasteiger partial charge in [0.15, 0.2) is 0 Å². The van der Waals surface area contributed by atoms with Crippen LogP contribution in [-0.2, 0) is 4.79 Å². The van der Waals surface area contributed by atoms with Gasteiger partial charge < -0.3 is 5.32 Å². The van der Waals surface area contributed by atoms with Crippen LogP contribution in [0.25, 0.3) is 0 Å². The van der Waals surface area contributed by atoms with Gasteiger partial charge in [-0.3, -0.25) is 4.79 Å². The van der Waals surface area contributed by atoms with E-state index in [-0.39, 0.29) is 12.3 Å². The first-order chi connectivity index (χ1) is 7.87. The monoisotopic (exact) mass is 291 g/mol. The molecular formula is C11H18ClF4NO. The molecule has 1 N–H and O–H groups in total. The number of hydrogen-bond donors (Lipinski definition) is 1. The van der Waals surface area contributed by atoms with Gasteiger partial charge in [-0.05, 0) is 29.9 Å². The summed E-state index contributed by atoms with van der Waals surface area (Å²) in [4.78, 5) is 10.6. The van der Waals surface area contributed by atoms with Crippen molar-refractivity contribution in [1.29, 1.82) is 0 Å². The lowest BCUT2D eigenvalue weighted by Gasteiger charge is -2.28. The van der Waals surface area contributed by atoms with Crippen LogP contribution in [0.1, 0.15) is 40.0 Å². The molecule has 0 heterocycles. The van der Waals surface area contributed by atoms with Crippen LogP contribution in [0, 0.1) is 5.41 Å². The van der Waals surface area contributed by atoms with Gasteiger partial charge in [0, 0.05) is 19.9 Å². The molecule has 0 aromatic heterocycles. The number of hydrogen-bond acceptors (Lipinski definition) is 1. The lowest BCUT2D eigenvalue weighted by atomic mass is 9.83. The van der Waals surface area contributed by atoms with Crippen LogP contribution in [0.4, 0.5) is 17.6 Å². The fourth-order valence-corrected chi connectivity index (χ4v) is 1.43. The molecule has 0 spiro atoms. The van der Waals surface area contributed by atoms with Crippen LogP contribution >= 0.6 is 11.6 Å². The van der Waals surface area contributed by atoms with E-state index in [9.17, 15) is 22.4 Å². The van der Waals surface area contributed by atoms with Gasteiger partial charge in [-0.15, -0.1) is 0 Å². The predicted molar refractivity (Wildman–Crippen MR) is 62.1 cm³/mol. The molecule has 0 aliphatic heterocycles. The number of rotatable bonds is 7. The van der Waals surface area contributed by atoms with Gasteiger partial charge in [-0.1, -0.05) is 13.8 Å². The van der Waals surface area contributed by atoms with Crippen molar-refractivity contribution >= 4 is 17.5 Å². The number of alkyl halides is 5. The van der Waals surface area contributed by atoms with Gasteiger partial charge >= 0.3 is 11.3 Å². The second kappa shape index (κ2) is 6.08. The minimum Gasteiger partial charge on any atom is -0.356 e. The van der Waals surface area contributed by atoms with Crippen LogP contribution < -0.4 is 5.32 Å². The second-order valence-electron chi connectivity index (χ2n) is 5.10. The van der Waals surface area contributed by atoms with Crippen LogP contribution in [-0.4, -0.2) is 23.8 Å². The van der Waals surface area contributed by atoms with Crippen LogP contribution in [0.15, 0.2) is 0 Å². The van der Waals surface area contributed by atoms with E-state index in [2.05, 4.69) is 16.9 Å². The largest absolute Gasteiger partial charge is 0.384 e. The molecule has 108 valence electrons. The lowest BCUT2D eigenvalue weighted by molar-refractivity contribution is -0.164. The Balaban J connectivity index is 4.22. The first-order valence-electron chi connectivity index (χ1n) is 5.56. The Labute approximate surface area is 109 Å². The van der Waals surface area contributed by atoms with Crippen molar-refractivity contribution in [3.8, 4) is 0 Å². The van der Waals surface area contributed by atoms with Crippen LogP contribution in [0.2, 0.25) is 0 Å². The molecule has 0 aromatic carbocycles. The predicted octanol–water partition coefficient (Wildman–Crippen LogP) is 3.79. The zero-order valence-corrected chi connectivity index (χ0v) is 11.4. The summed E-state index contributed by atoms with van der Waals surface area (Å²) in [6.45, 7) is 5.02. The van der Waals surface area contributed by atoms with E-state index >= 15 is 0 Å². The first kappa shape index (κ1) is 17.5. The molecule has 0 aliphatic carbocycles. The smallest absolute Gasteiger partial charge is 0.356 e. The lowest BCUT2D eigenvalue weighted by Crippen LogP contribution is -2.36. The maximum atomic E-state index is 13.0. The molecule has 7 heteroatoms. The fourth-order valence-electron chi connectivity index (χ4n) is 1.34. The maximum Gasteiger partial charge on any atom is 0.384 e. The minimum atomic E-state index is -4.53. The summed E-state index contributed by atoms with van der Waals surface area (Å²) in [6.07, 6.45) is -0.672. The van der Waals surface area contributed by atoms with Crippen molar-refractivity contribution < 1.29 is 22.4 Å². The molecule has 0 saturated heterocycles. The molecule has 0 bridgehead atoms. The third-order valence-corrected chi connectivity index (χ3v) is 2.98. The summed E-state index contributed by atoms with van der Waals surface area (Å²) < 4.78 is 50.7. The highest BCUT2D eigenvalue weighted by Crippen LogP contribution is 2.43. The van der Waals surface area contributed by atoms with Gasteiger partial charge in [0.1, 0.15) is 0 Å². The number of carbonyl (C=O) groups excluding carboxylic acids is 1. The topological polar surface area (TPSA) is 29.1 Å². The van der Waals surface area contributed by atoms with Gasteiger partial charge in [0.2, 0.25) is 5.91 Å². The summed E-state index contributed by atoms with van der Waals surface area (Å²) in [5.41, 5.74) is -0.575. The van der Waals surface area contributed by atoms with Crippen molar-refractivity contribution in [3.63, 3.8) is 0 Å². The molecule has 0 atom stereocenters. The summed E-state index contributed by atoms with van der Waals surface area (Å²) in [5, 5.41) is -2.00. The summed E-state index contributed by atoms with van der Waals surface area (Å²) in [5.74, 6) is -4.44. The maximum absolute atomic E-state index is 13.0. The van der Waals surface area contributed by atoms with E-state index < -0.39 is 23.1 Å². The van der Waals surface area contributed by atoms with E-state index in [1.807, 2.05) is 0 Å². The van der Waals surface area contributed by atoms with E-state index in [1.54, 1.807) is 13.8 Å². The highest BCUT2D eigenvalue weighted by Gasteiger charge is 2.54. The Bertz CT molecular complexity index is 289. The number of halogens is 5. The van der Waals surface area contributed by atoms with Crippen molar-refractivity contribution in [1.82, 2.24) is 5.32 Å². The Morgan fingerprint density at radius 3 is 2.00 bits per heavy atom. The zero-order valence-electron chi connectivity index (χ0n) is 10.6. The zero-order chi connectivity index (χ0) is 14.6. The van der Waals surface area contributed by atoms with Crippen molar-refractivity contribution in [2.75, 3.05) is 6.54 Å². The molecule has 2 nitrogen and oxygen atoms in total. The van der Waals surface area contributed by atoms with Crippen molar-refractivity contribution in [2.45, 2.75) is 51.3 Å². The van der Waals surface area contributed by atoms with Gasteiger partial charge in [0.25, 0.3) is 0 Å². The minimum absolute atomic E-state index is 0.109. The number of nitrogens with one attached hydrogen (secondary N) is 1. The summed E-state index contributed by atoms with van der Waals surface area (Å²) >= 11 is 4.36.